The number of anilines is 1. The molecule has 2 aromatic rings. The average molecular weight is 447 g/mol. The van der Waals surface area contributed by atoms with Crippen LogP contribution in [0.2, 0.25) is 0 Å². The second-order valence-electron chi connectivity index (χ2n) is 7.32. The summed E-state index contributed by atoms with van der Waals surface area (Å²) in [6.45, 7) is 2.22. The van der Waals surface area contributed by atoms with Crippen molar-refractivity contribution in [1.82, 2.24) is 4.98 Å². The molecule has 3 rings (SSSR count). The molecule has 32 heavy (non-hydrogen) atoms. The van der Waals surface area contributed by atoms with E-state index < -0.39 is 12.4 Å². The topological polar surface area (TPSA) is 96.8 Å². The molecule has 1 saturated heterocycles. The van der Waals surface area contributed by atoms with Gasteiger partial charge in [0, 0.05) is 24.9 Å². The van der Waals surface area contributed by atoms with Crippen LogP contribution in [0.1, 0.15) is 19.4 Å². The van der Waals surface area contributed by atoms with E-state index in [2.05, 4.69) is 14.7 Å². The summed E-state index contributed by atoms with van der Waals surface area (Å²) >= 11 is 0. The van der Waals surface area contributed by atoms with Gasteiger partial charge in [-0.2, -0.15) is 8.78 Å². The molecule has 1 aromatic carbocycles. The summed E-state index contributed by atoms with van der Waals surface area (Å²) in [7, 11) is 0. The number of aromatic nitrogens is 1. The first kappa shape index (κ1) is 23.3. The van der Waals surface area contributed by atoms with Crippen LogP contribution in [-0.2, 0) is 4.74 Å². The summed E-state index contributed by atoms with van der Waals surface area (Å²) in [6.07, 6.45) is 2.43. The zero-order valence-corrected chi connectivity index (χ0v) is 17.6. The van der Waals surface area contributed by atoms with E-state index in [4.69, 9.17) is 15.9 Å². The Balaban J connectivity index is 1.83. The van der Waals surface area contributed by atoms with Crippen LogP contribution in [0.15, 0.2) is 47.5 Å². The molecule has 0 bridgehead atoms. The standard InChI is InChI=1S/C22H24F3N5O2/c1-13-11-30(12-14(2)31-13)20-8-7-18(23)21(29-20)28-19(27)9-16(10-26)15-3-5-17(6-4-15)32-22(24)25/h3-10,13-14,22,26H,11-12H2,1-2H3,(H2,27,28,29)/b16-9+,26-10?. The number of hydrogen-bond acceptors (Lipinski definition) is 6. The number of amidine groups is 1. The number of ether oxygens (including phenoxy) is 2. The number of nitrogens with zero attached hydrogens (tertiary/aromatic N) is 3. The maximum Gasteiger partial charge on any atom is 0.387 e. The number of pyridine rings is 1. The Kier molecular flexibility index (Phi) is 7.47. The van der Waals surface area contributed by atoms with E-state index in [1.165, 1.54) is 36.4 Å². The van der Waals surface area contributed by atoms with Gasteiger partial charge in [-0.15, -0.1) is 0 Å². The van der Waals surface area contributed by atoms with Gasteiger partial charge in [-0.1, -0.05) is 12.1 Å². The number of nitrogens with one attached hydrogen (secondary N) is 1. The van der Waals surface area contributed by atoms with Gasteiger partial charge in [-0.25, -0.2) is 14.4 Å². The molecule has 0 radical (unpaired) electrons. The number of alkyl halides is 2. The second-order valence-corrected chi connectivity index (χ2v) is 7.32. The Morgan fingerprint density at radius 1 is 1.22 bits per heavy atom. The maximum absolute atomic E-state index is 14.3. The Morgan fingerprint density at radius 2 is 1.88 bits per heavy atom. The molecule has 0 spiro atoms. The monoisotopic (exact) mass is 447 g/mol. The summed E-state index contributed by atoms with van der Waals surface area (Å²) in [5.41, 5.74) is 6.84. The Bertz CT molecular complexity index is 1000. The molecule has 1 aliphatic rings. The van der Waals surface area contributed by atoms with Crippen molar-refractivity contribution in [3.8, 4) is 5.75 Å². The molecule has 2 heterocycles. The Morgan fingerprint density at radius 3 is 2.47 bits per heavy atom. The van der Waals surface area contributed by atoms with Gasteiger partial charge in [0.15, 0.2) is 11.6 Å². The highest BCUT2D eigenvalue weighted by atomic mass is 19.3. The van der Waals surface area contributed by atoms with Crippen LogP contribution < -0.4 is 15.4 Å². The van der Waals surface area contributed by atoms with Gasteiger partial charge in [0.05, 0.1) is 12.2 Å². The molecule has 0 saturated carbocycles. The third kappa shape index (κ3) is 6.07. The molecule has 0 aliphatic carbocycles. The van der Waals surface area contributed by atoms with Crippen molar-refractivity contribution in [1.29, 1.82) is 5.41 Å². The van der Waals surface area contributed by atoms with E-state index in [1.54, 1.807) is 6.07 Å². The number of rotatable bonds is 7. The van der Waals surface area contributed by atoms with Crippen molar-refractivity contribution < 1.29 is 22.6 Å². The number of allylic oxidation sites excluding steroid dienone is 1. The van der Waals surface area contributed by atoms with Gasteiger partial charge in [-0.05, 0) is 49.8 Å². The lowest BCUT2D eigenvalue weighted by Crippen LogP contribution is -2.45. The summed E-state index contributed by atoms with van der Waals surface area (Å²) in [5, 5.41) is 7.62. The summed E-state index contributed by atoms with van der Waals surface area (Å²) in [6, 6.07) is 8.56. The van der Waals surface area contributed by atoms with Gasteiger partial charge in [0.25, 0.3) is 0 Å². The van der Waals surface area contributed by atoms with Gasteiger partial charge in [0.1, 0.15) is 17.4 Å². The molecule has 7 nitrogen and oxygen atoms in total. The number of hydrogen-bond donors (Lipinski definition) is 2. The van der Waals surface area contributed by atoms with Crippen molar-refractivity contribution in [2.24, 2.45) is 10.7 Å². The van der Waals surface area contributed by atoms with Crippen LogP contribution in [-0.4, -0.2) is 48.9 Å². The Labute approximate surface area is 183 Å². The van der Waals surface area contributed by atoms with Crippen LogP contribution in [0.3, 0.4) is 0 Å². The minimum absolute atomic E-state index is 0.00967. The largest absolute Gasteiger partial charge is 0.435 e. The smallest absolute Gasteiger partial charge is 0.387 e. The lowest BCUT2D eigenvalue weighted by atomic mass is 10.1. The number of halogens is 3. The normalized spacial score (nSPS) is 19.9. The molecule has 1 aliphatic heterocycles. The molecule has 3 N–H and O–H groups in total. The summed E-state index contributed by atoms with van der Waals surface area (Å²) < 4.78 is 48.9. The van der Waals surface area contributed by atoms with Crippen molar-refractivity contribution >= 4 is 29.3 Å². The zero-order valence-electron chi connectivity index (χ0n) is 17.6. The first-order chi connectivity index (χ1) is 15.2. The van der Waals surface area contributed by atoms with E-state index in [9.17, 15) is 13.2 Å². The number of nitrogens with two attached hydrogens (primary N) is 1. The number of morpholine rings is 1. The first-order valence-electron chi connectivity index (χ1n) is 9.93. The van der Waals surface area contributed by atoms with Crippen LogP contribution in [0.25, 0.3) is 5.57 Å². The molecule has 170 valence electrons. The highest BCUT2D eigenvalue weighted by Gasteiger charge is 2.23. The van der Waals surface area contributed by atoms with Crippen molar-refractivity contribution in [3.05, 3.63) is 53.9 Å². The number of benzene rings is 1. The van der Waals surface area contributed by atoms with Crippen molar-refractivity contribution in [2.45, 2.75) is 32.7 Å². The van der Waals surface area contributed by atoms with E-state index in [0.717, 1.165) is 6.21 Å². The van der Waals surface area contributed by atoms with Crippen molar-refractivity contribution in [2.75, 3.05) is 18.0 Å². The predicted octanol–water partition coefficient (Wildman–Crippen LogP) is 4.16. The fourth-order valence-electron chi connectivity index (χ4n) is 3.39. The lowest BCUT2D eigenvalue weighted by Gasteiger charge is -2.36. The molecular weight excluding hydrogens is 423 g/mol. The fourth-order valence-corrected chi connectivity index (χ4v) is 3.39. The van der Waals surface area contributed by atoms with Crippen LogP contribution in [0.5, 0.6) is 5.75 Å². The highest BCUT2D eigenvalue weighted by Crippen LogP contribution is 2.24. The van der Waals surface area contributed by atoms with Crippen LogP contribution >= 0.6 is 0 Å². The van der Waals surface area contributed by atoms with Gasteiger partial charge in [-0.3, -0.25) is 0 Å². The number of aliphatic imine (C=N–C) groups is 1. The average Bonchev–Trinajstić information content (AvgIpc) is 2.73. The molecule has 10 heteroatoms. The second kappa shape index (κ2) is 10.3. The lowest BCUT2D eigenvalue weighted by molar-refractivity contribution is -0.0498. The SMILES string of the molecule is CC1CN(c2ccc(F)c(/N=C(N)/C=C(\C=N)c3ccc(OC(F)F)cc3)n2)CC(C)O1. The van der Waals surface area contributed by atoms with Gasteiger partial charge < -0.3 is 25.5 Å². The maximum atomic E-state index is 14.3. The minimum Gasteiger partial charge on any atom is -0.435 e. The van der Waals surface area contributed by atoms with Crippen LogP contribution in [0, 0.1) is 11.2 Å². The summed E-state index contributed by atoms with van der Waals surface area (Å²) in [5.74, 6) is -0.323. The third-order valence-corrected chi connectivity index (χ3v) is 4.66. The first-order valence-corrected chi connectivity index (χ1v) is 9.93. The van der Waals surface area contributed by atoms with Crippen LogP contribution in [0.4, 0.5) is 24.8 Å². The molecule has 1 aromatic heterocycles. The Hall–Kier alpha value is -3.40. The van der Waals surface area contributed by atoms with Crippen molar-refractivity contribution in [3.63, 3.8) is 0 Å². The molecule has 0 amide bonds. The molecule has 2 atom stereocenters. The summed E-state index contributed by atoms with van der Waals surface area (Å²) in [4.78, 5) is 10.4. The van der Waals surface area contributed by atoms with E-state index >= 15 is 0 Å². The zero-order chi connectivity index (χ0) is 23.3. The van der Waals surface area contributed by atoms with E-state index in [0.29, 0.717) is 30.0 Å². The third-order valence-electron chi connectivity index (χ3n) is 4.66. The van der Waals surface area contributed by atoms with E-state index in [1.807, 2.05) is 18.7 Å². The van der Waals surface area contributed by atoms with Gasteiger partial charge >= 0.3 is 6.61 Å². The molecular formula is C22H24F3N5O2. The predicted molar refractivity (Wildman–Crippen MR) is 118 cm³/mol. The van der Waals surface area contributed by atoms with Gasteiger partial charge in [0.2, 0.25) is 0 Å². The molecule has 2 unspecified atom stereocenters. The minimum atomic E-state index is -2.93. The quantitative estimate of drug-likeness (QED) is 0.491. The molecule has 1 fully saturated rings. The van der Waals surface area contributed by atoms with E-state index in [-0.39, 0.29) is 29.6 Å². The fraction of sp³-hybridized carbons (Fsp3) is 0.318. The highest BCUT2D eigenvalue weighted by molar-refractivity contribution is 6.15.